The molecule has 2 heterocycles. The Hall–Kier alpha value is -2.68. The maximum Gasteiger partial charge on any atom is 0.236 e. The van der Waals surface area contributed by atoms with Crippen LogP contribution in [0, 0.1) is 11.7 Å². The number of carbonyl (C=O) groups is 1. The first kappa shape index (κ1) is 19.3. The molecule has 1 amide bonds. The number of ether oxygens (including phenoxy) is 2. The number of hydrogen-bond acceptors (Lipinski definition) is 6. The first-order valence-electron chi connectivity index (χ1n) is 9.41. The van der Waals surface area contributed by atoms with Gasteiger partial charge in [0.15, 0.2) is 16.6 Å². The highest BCUT2D eigenvalue weighted by atomic mass is 35.5. The average Bonchev–Trinajstić information content (AvgIpc) is 3.28. The quantitative estimate of drug-likeness (QED) is 0.611. The molecule has 0 unspecified atom stereocenters. The van der Waals surface area contributed by atoms with Crippen molar-refractivity contribution in [3.63, 3.8) is 0 Å². The minimum atomic E-state index is -0.584. The third-order valence-corrected chi connectivity index (χ3v) is 6.46. The Morgan fingerprint density at radius 2 is 2.03 bits per heavy atom. The first-order valence-corrected chi connectivity index (χ1v) is 10.6. The van der Waals surface area contributed by atoms with Crippen LogP contribution in [0.4, 0.5) is 15.2 Å². The van der Waals surface area contributed by atoms with E-state index in [1.54, 1.807) is 29.3 Å². The van der Waals surface area contributed by atoms with Crippen molar-refractivity contribution in [2.75, 3.05) is 11.7 Å². The number of halogens is 2. The van der Waals surface area contributed by atoms with Crippen LogP contribution in [0.2, 0.25) is 5.02 Å². The molecule has 2 aromatic carbocycles. The molecule has 2 aliphatic rings. The molecule has 1 fully saturated rings. The third kappa shape index (κ3) is 3.51. The van der Waals surface area contributed by atoms with Gasteiger partial charge in [-0.05, 0) is 42.7 Å². The molecule has 0 radical (unpaired) electrons. The molecule has 30 heavy (non-hydrogen) atoms. The summed E-state index contributed by atoms with van der Waals surface area (Å²) < 4.78 is 24.2. The highest BCUT2D eigenvalue weighted by Crippen LogP contribution is 2.43. The van der Waals surface area contributed by atoms with Crippen LogP contribution in [0.3, 0.4) is 0 Å². The molecule has 1 aliphatic carbocycles. The highest BCUT2D eigenvalue weighted by Gasteiger charge is 2.36. The van der Waals surface area contributed by atoms with E-state index < -0.39 is 11.9 Å². The predicted octanol–water partition coefficient (Wildman–Crippen LogP) is 4.79. The van der Waals surface area contributed by atoms with Crippen molar-refractivity contribution in [1.82, 2.24) is 4.98 Å². The molecule has 1 saturated carbocycles. The minimum Gasteiger partial charge on any atom is -0.454 e. The fourth-order valence-electron chi connectivity index (χ4n) is 3.30. The van der Waals surface area contributed by atoms with Crippen LogP contribution in [0.5, 0.6) is 11.5 Å². The monoisotopic (exact) mass is 445 g/mol. The molecule has 3 aromatic rings. The fraction of sp³-hybridized carbons (Fsp3) is 0.238. The number of aromatic nitrogens is 1. The zero-order valence-electron chi connectivity index (χ0n) is 15.7. The lowest BCUT2D eigenvalue weighted by molar-refractivity contribution is -0.119. The van der Waals surface area contributed by atoms with E-state index in [9.17, 15) is 9.18 Å². The second-order valence-corrected chi connectivity index (χ2v) is 8.62. The van der Waals surface area contributed by atoms with Crippen LogP contribution < -0.4 is 20.1 Å². The van der Waals surface area contributed by atoms with Crippen LogP contribution in [0.15, 0.2) is 42.6 Å². The van der Waals surface area contributed by atoms with Gasteiger partial charge < -0.3 is 15.2 Å². The normalized spacial score (nSPS) is 15.8. The van der Waals surface area contributed by atoms with E-state index in [0.29, 0.717) is 32.8 Å². The Bertz CT molecular complexity index is 1130. The summed E-state index contributed by atoms with van der Waals surface area (Å²) >= 11 is 7.47. The molecule has 5 rings (SSSR count). The zero-order valence-corrected chi connectivity index (χ0v) is 17.3. The number of benzene rings is 2. The summed E-state index contributed by atoms with van der Waals surface area (Å²) in [5, 5.41) is 0.758. The highest BCUT2D eigenvalue weighted by molar-refractivity contribution is 7.16. The van der Waals surface area contributed by atoms with Crippen molar-refractivity contribution in [2.24, 2.45) is 11.7 Å². The van der Waals surface area contributed by atoms with Gasteiger partial charge in [0.25, 0.3) is 0 Å². The number of anilines is 2. The van der Waals surface area contributed by atoms with E-state index in [-0.39, 0.29) is 23.6 Å². The summed E-state index contributed by atoms with van der Waals surface area (Å²) in [5.41, 5.74) is 7.62. The van der Waals surface area contributed by atoms with Gasteiger partial charge in [-0.25, -0.2) is 9.37 Å². The largest absolute Gasteiger partial charge is 0.454 e. The van der Waals surface area contributed by atoms with Gasteiger partial charge in [-0.3, -0.25) is 9.69 Å². The van der Waals surface area contributed by atoms with Gasteiger partial charge >= 0.3 is 0 Å². The van der Waals surface area contributed by atoms with E-state index in [4.69, 9.17) is 26.8 Å². The van der Waals surface area contributed by atoms with Crippen LogP contribution in [-0.2, 0) is 4.79 Å². The van der Waals surface area contributed by atoms with Gasteiger partial charge in [-0.1, -0.05) is 29.0 Å². The van der Waals surface area contributed by atoms with E-state index in [2.05, 4.69) is 4.98 Å². The molecule has 0 bridgehead atoms. The molecule has 154 valence electrons. The smallest absolute Gasteiger partial charge is 0.236 e. The number of fused-ring (bicyclic) bond motifs is 1. The van der Waals surface area contributed by atoms with Gasteiger partial charge in [0.1, 0.15) is 5.82 Å². The molecule has 1 aliphatic heterocycles. The maximum atomic E-state index is 13.4. The molecular formula is C21H17ClFN3O3S. The van der Waals surface area contributed by atoms with Gasteiger partial charge in [0.2, 0.25) is 12.7 Å². The van der Waals surface area contributed by atoms with Gasteiger partial charge in [-0.2, -0.15) is 0 Å². The zero-order chi connectivity index (χ0) is 20.8. The van der Waals surface area contributed by atoms with Crippen molar-refractivity contribution >= 4 is 39.7 Å². The molecule has 0 saturated heterocycles. The number of carbonyl (C=O) groups excluding carboxylic acids is 1. The van der Waals surface area contributed by atoms with E-state index in [1.807, 2.05) is 6.07 Å². The number of hydrogen-bond donors (Lipinski definition) is 1. The maximum absolute atomic E-state index is 13.4. The number of nitrogens with two attached hydrogens (primary N) is 1. The predicted molar refractivity (Wildman–Crippen MR) is 112 cm³/mol. The lowest BCUT2D eigenvalue weighted by Crippen LogP contribution is -2.27. The number of amides is 1. The Balaban J connectivity index is 1.50. The summed E-state index contributed by atoms with van der Waals surface area (Å²) in [6, 6.07) is 8.90. The summed E-state index contributed by atoms with van der Waals surface area (Å²) in [4.78, 5) is 19.9. The van der Waals surface area contributed by atoms with Gasteiger partial charge in [0, 0.05) is 28.1 Å². The van der Waals surface area contributed by atoms with Crippen molar-refractivity contribution in [2.45, 2.75) is 18.9 Å². The number of rotatable bonds is 5. The summed E-state index contributed by atoms with van der Waals surface area (Å²) in [6.45, 7) is 0.157. The lowest BCUT2D eigenvalue weighted by Gasteiger charge is -2.20. The van der Waals surface area contributed by atoms with Crippen molar-refractivity contribution in [3.8, 4) is 11.5 Å². The van der Waals surface area contributed by atoms with Crippen LogP contribution in [0.25, 0.3) is 0 Å². The fourth-order valence-corrected chi connectivity index (χ4v) is 4.55. The molecule has 1 aromatic heterocycles. The Labute approximate surface area is 181 Å². The topological polar surface area (TPSA) is 77.7 Å². The SMILES string of the molecule is N[C@@H](c1cnc(N(C(=O)C2CC2)c2ccc3c(c2)OCO3)s1)c1ccc(F)cc1Cl. The lowest BCUT2D eigenvalue weighted by atomic mass is 10.1. The van der Waals surface area contributed by atoms with Crippen molar-refractivity contribution in [1.29, 1.82) is 0 Å². The third-order valence-electron chi connectivity index (χ3n) is 5.07. The van der Waals surface area contributed by atoms with Crippen LogP contribution in [-0.4, -0.2) is 17.7 Å². The van der Waals surface area contributed by atoms with Gasteiger partial charge in [0.05, 0.1) is 11.7 Å². The Morgan fingerprint density at radius 1 is 1.23 bits per heavy atom. The average molecular weight is 446 g/mol. The summed E-state index contributed by atoms with van der Waals surface area (Å²) in [6.07, 6.45) is 3.36. The minimum absolute atomic E-state index is 0.0110. The second-order valence-electron chi connectivity index (χ2n) is 7.17. The van der Waals surface area contributed by atoms with E-state index in [1.165, 1.54) is 23.5 Å². The van der Waals surface area contributed by atoms with Crippen LogP contribution >= 0.6 is 22.9 Å². The van der Waals surface area contributed by atoms with E-state index >= 15 is 0 Å². The Morgan fingerprint density at radius 3 is 2.80 bits per heavy atom. The molecule has 0 spiro atoms. The van der Waals surface area contributed by atoms with Gasteiger partial charge in [-0.15, -0.1) is 0 Å². The molecular weight excluding hydrogens is 429 g/mol. The molecule has 9 heteroatoms. The van der Waals surface area contributed by atoms with Crippen molar-refractivity contribution in [3.05, 3.63) is 63.9 Å². The van der Waals surface area contributed by atoms with Crippen LogP contribution in [0.1, 0.15) is 29.3 Å². The standard InChI is InChI=1S/C21H17ClFN3O3S/c22-15-7-12(23)3-5-14(15)19(24)18-9-25-21(30-18)26(20(27)11-1-2-11)13-4-6-16-17(8-13)29-10-28-16/h3-9,11,19H,1-2,10,24H2/t19-/m1/s1. The van der Waals surface area contributed by atoms with Crippen molar-refractivity contribution < 1.29 is 18.7 Å². The number of nitrogens with zero attached hydrogens (tertiary/aromatic N) is 2. The number of thiazole rings is 1. The summed E-state index contributed by atoms with van der Waals surface area (Å²) in [7, 11) is 0. The molecule has 6 nitrogen and oxygen atoms in total. The summed E-state index contributed by atoms with van der Waals surface area (Å²) in [5.74, 6) is 0.786. The second kappa shape index (κ2) is 7.54. The first-order chi connectivity index (χ1) is 14.5. The molecule has 2 N–H and O–H groups in total. The van der Waals surface area contributed by atoms with E-state index in [0.717, 1.165) is 12.8 Å². The Kier molecular flexibility index (Phi) is 4.85. The molecule has 1 atom stereocenters.